The first kappa shape index (κ1) is 13.8. The topological polar surface area (TPSA) is 44.5 Å². The molecule has 0 aliphatic carbocycles. The summed E-state index contributed by atoms with van der Waals surface area (Å²) in [5.74, 6) is 2.13. The molecule has 1 aromatic carbocycles. The Morgan fingerprint density at radius 2 is 1.88 bits per heavy atom. The van der Waals surface area contributed by atoms with Crippen LogP contribution in [0.25, 0.3) is 0 Å². The molecular formula is C14H23NO2. The van der Waals surface area contributed by atoms with Gasteiger partial charge in [0, 0.05) is 17.5 Å². The van der Waals surface area contributed by atoms with E-state index in [0.717, 1.165) is 17.1 Å². The van der Waals surface area contributed by atoms with Crippen LogP contribution in [-0.2, 0) is 5.41 Å². The lowest BCUT2D eigenvalue weighted by molar-refractivity contribution is 0.321. The Morgan fingerprint density at radius 3 is 2.29 bits per heavy atom. The highest BCUT2D eigenvalue weighted by molar-refractivity contribution is 5.45. The zero-order chi connectivity index (χ0) is 13.1. The van der Waals surface area contributed by atoms with E-state index in [2.05, 4.69) is 20.8 Å². The number of methoxy groups -OCH3 is 2. The standard InChI is InChI=1S/C14H23NO2/c1-10(2)14(3,9-15)12-8-11(16-4)6-7-13(12)17-5/h6-8,10H,9,15H2,1-5H3. The van der Waals surface area contributed by atoms with E-state index in [1.54, 1.807) is 14.2 Å². The zero-order valence-corrected chi connectivity index (χ0v) is 11.4. The smallest absolute Gasteiger partial charge is 0.122 e. The third-order valence-corrected chi connectivity index (χ3v) is 3.72. The lowest BCUT2D eigenvalue weighted by Crippen LogP contribution is -2.37. The first-order chi connectivity index (χ1) is 7.99. The van der Waals surface area contributed by atoms with Gasteiger partial charge in [0.05, 0.1) is 14.2 Å². The Hall–Kier alpha value is -1.22. The number of hydrogen-bond donors (Lipinski definition) is 1. The number of rotatable bonds is 5. The lowest BCUT2D eigenvalue weighted by Gasteiger charge is -2.34. The molecule has 17 heavy (non-hydrogen) atoms. The summed E-state index contributed by atoms with van der Waals surface area (Å²) in [5.41, 5.74) is 6.96. The molecule has 0 heterocycles. The van der Waals surface area contributed by atoms with Gasteiger partial charge in [0.15, 0.2) is 0 Å². The van der Waals surface area contributed by atoms with E-state index in [4.69, 9.17) is 15.2 Å². The van der Waals surface area contributed by atoms with E-state index < -0.39 is 0 Å². The fraction of sp³-hybridized carbons (Fsp3) is 0.571. The van der Waals surface area contributed by atoms with Crippen LogP contribution in [0.1, 0.15) is 26.3 Å². The van der Waals surface area contributed by atoms with Gasteiger partial charge in [-0.05, 0) is 24.1 Å². The number of nitrogens with two attached hydrogens (primary N) is 1. The summed E-state index contributed by atoms with van der Waals surface area (Å²) in [7, 11) is 3.35. The summed E-state index contributed by atoms with van der Waals surface area (Å²) < 4.78 is 10.7. The van der Waals surface area contributed by atoms with Gasteiger partial charge in [0.2, 0.25) is 0 Å². The van der Waals surface area contributed by atoms with Crippen LogP contribution in [0.15, 0.2) is 18.2 Å². The van der Waals surface area contributed by atoms with Crippen LogP contribution in [-0.4, -0.2) is 20.8 Å². The normalized spacial score (nSPS) is 14.5. The van der Waals surface area contributed by atoms with Gasteiger partial charge in [0.1, 0.15) is 11.5 Å². The molecule has 0 spiro atoms. The minimum absolute atomic E-state index is 0.111. The fourth-order valence-corrected chi connectivity index (χ4v) is 1.92. The second kappa shape index (κ2) is 5.41. The highest BCUT2D eigenvalue weighted by atomic mass is 16.5. The van der Waals surface area contributed by atoms with Crippen LogP contribution in [0.4, 0.5) is 0 Å². The van der Waals surface area contributed by atoms with Crippen molar-refractivity contribution in [3.8, 4) is 11.5 Å². The number of benzene rings is 1. The molecule has 1 aromatic rings. The second-order valence-electron chi connectivity index (χ2n) is 4.84. The SMILES string of the molecule is COc1ccc(OC)c(C(C)(CN)C(C)C)c1. The quantitative estimate of drug-likeness (QED) is 0.856. The maximum atomic E-state index is 5.96. The van der Waals surface area contributed by atoms with Crippen LogP contribution in [0.2, 0.25) is 0 Å². The van der Waals surface area contributed by atoms with Crippen LogP contribution in [0.3, 0.4) is 0 Å². The summed E-state index contributed by atoms with van der Waals surface area (Å²) in [4.78, 5) is 0. The average Bonchev–Trinajstić information content (AvgIpc) is 2.36. The highest BCUT2D eigenvalue weighted by Gasteiger charge is 2.32. The molecular weight excluding hydrogens is 214 g/mol. The second-order valence-corrected chi connectivity index (χ2v) is 4.84. The Labute approximate surface area is 104 Å². The molecule has 2 N–H and O–H groups in total. The summed E-state index contributed by atoms with van der Waals surface area (Å²) in [6.45, 7) is 7.08. The van der Waals surface area contributed by atoms with Crippen molar-refractivity contribution in [3.05, 3.63) is 23.8 Å². The van der Waals surface area contributed by atoms with Crippen molar-refractivity contribution in [2.75, 3.05) is 20.8 Å². The van der Waals surface area contributed by atoms with Crippen LogP contribution < -0.4 is 15.2 Å². The Bertz CT molecular complexity index is 376. The molecule has 3 nitrogen and oxygen atoms in total. The lowest BCUT2D eigenvalue weighted by atomic mass is 9.73. The average molecular weight is 237 g/mol. The molecule has 1 rings (SSSR count). The van der Waals surface area contributed by atoms with E-state index in [-0.39, 0.29) is 5.41 Å². The molecule has 0 saturated heterocycles. The van der Waals surface area contributed by atoms with Gasteiger partial charge < -0.3 is 15.2 Å². The van der Waals surface area contributed by atoms with Gasteiger partial charge in [-0.15, -0.1) is 0 Å². The third kappa shape index (κ3) is 2.55. The summed E-state index contributed by atoms with van der Waals surface area (Å²) in [6, 6.07) is 5.86. The minimum Gasteiger partial charge on any atom is -0.497 e. The molecule has 0 aliphatic rings. The Balaban J connectivity index is 3.34. The largest absolute Gasteiger partial charge is 0.497 e. The van der Waals surface area contributed by atoms with Gasteiger partial charge in [0.25, 0.3) is 0 Å². The maximum absolute atomic E-state index is 5.96. The molecule has 96 valence electrons. The predicted molar refractivity (Wildman–Crippen MR) is 70.8 cm³/mol. The summed E-state index contributed by atoms with van der Waals surface area (Å²) in [5, 5.41) is 0. The van der Waals surface area contributed by atoms with Crippen molar-refractivity contribution in [2.24, 2.45) is 11.7 Å². The van der Waals surface area contributed by atoms with Crippen molar-refractivity contribution in [2.45, 2.75) is 26.2 Å². The van der Waals surface area contributed by atoms with Gasteiger partial charge in [-0.25, -0.2) is 0 Å². The van der Waals surface area contributed by atoms with Crippen LogP contribution in [0, 0.1) is 5.92 Å². The molecule has 0 radical (unpaired) electrons. The molecule has 3 heteroatoms. The van der Waals surface area contributed by atoms with Gasteiger partial charge in [-0.2, -0.15) is 0 Å². The van der Waals surface area contributed by atoms with Crippen molar-refractivity contribution in [1.82, 2.24) is 0 Å². The van der Waals surface area contributed by atoms with E-state index in [0.29, 0.717) is 12.5 Å². The van der Waals surface area contributed by atoms with Crippen LogP contribution in [0.5, 0.6) is 11.5 Å². The molecule has 0 amide bonds. The van der Waals surface area contributed by atoms with E-state index in [9.17, 15) is 0 Å². The monoisotopic (exact) mass is 237 g/mol. The first-order valence-electron chi connectivity index (χ1n) is 5.92. The van der Waals surface area contributed by atoms with Crippen molar-refractivity contribution < 1.29 is 9.47 Å². The van der Waals surface area contributed by atoms with Crippen molar-refractivity contribution >= 4 is 0 Å². The van der Waals surface area contributed by atoms with E-state index >= 15 is 0 Å². The molecule has 1 unspecified atom stereocenters. The third-order valence-electron chi connectivity index (χ3n) is 3.72. The Morgan fingerprint density at radius 1 is 1.24 bits per heavy atom. The summed E-state index contributed by atoms with van der Waals surface area (Å²) in [6.07, 6.45) is 0. The molecule has 1 atom stereocenters. The number of hydrogen-bond acceptors (Lipinski definition) is 3. The fourth-order valence-electron chi connectivity index (χ4n) is 1.92. The van der Waals surface area contributed by atoms with Gasteiger partial charge >= 0.3 is 0 Å². The van der Waals surface area contributed by atoms with Crippen molar-refractivity contribution in [1.29, 1.82) is 0 Å². The van der Waals surface area contributed by atoms with Crippen molar-refractivity contribution in [3.63, 3.8) is 0 Å². The molecule has 0 saturated carbocycles. The Kier molecular flexibility index (Phi) is 4.40. The van der Waals surface area contributed by atoms with Gasteiger partial charge in [-0.3, -0.25) is 0 Å². The van der Waals surface area contributed by atoms with Gasteiger partial charge in [-0.1, -0.05) is 20.8 Å². The first-order valence-corrected chi connectivity index (χ1v) is 5.92. The summed E-state index contributed by atoms with van der Waals surface area (Å²) >= 11 is 0. The maximum Gasteiger partial charge on any atom is 0.122 e. The molecule has 0 fully saturated rings. The zero-order valence-electron chi connectivity index (χ0n) is 11.4. The molecule has 0 aliphatic heterocycles. The van der Waals surface area contributed by atoms with E-state index in [1.807, 2.05) is 18.2 Å². The number of ether oxygens (including phenoxy) is 2. The van der Waals surface area contributed by atoms with E-state index in [1.165, 1.54) is 0 Å². The van der Waals surface area contributed by atoms with Crippen LogP contribution >= 0.6 is 0 Å². The highest BCUT2D eigenvalue weighted by Crippen LogP contribution is 2.38. The predicted octanol–water partition coefficient (Wildman–Crippen LogP) is 2.58. The minimum atomic E-state index is -0.111. The molecule has 0 aromatic heterocycles. The molecule has 0 bridgehead atoms.